The van der Waals surface area contributed by atoms with Crippen LogP contribution in [0.15, 0.2) is 47.5 Å². The Balaban J connectivity index is 1.89. The summed E-state index contributed by atoms with van der Waals surface area (Å²) in [6.45, 7) is 6.77. The van der Waals surface area contributed by atoms with Crippen LogP contribution >= 0.6 is 23.4 Å². The fraction of sp³-hybridized carbons (Fsp3) is 0.273. The van der Waals surface area contributed by atoms with Crippen molar-refractivity contribution in [1.29, 1.82) is 0 Å². The van der Waals surface area contributed by atoms with Crippen molar-refractivity contribution < 1.29 is 4.74 Å². The van der Waals surface area contributed by atoms with Gasteiger partial charge in [-0.3, -0.25) is 0 Å². The fourth-order valence-electron chi connectivity index (χ4n) is 2.91. The van der Waals surface area contributed by atoms with Gasteiger partial charge >= 0.3 is 0 Å². The first kappa shape index (κ1) is 22.2. The molecule has 30 heavy (non-hydrogen) atoms. The minimum absolute atomic E-state index is 0.411. The third-order valence-electron chi connectivity index (χ3n) is 4.37. The number of hydrogen-bond acceptors (Lipinski definition) is 7. The first-order valence-corrected chi connectivity index (χ1v) is 10.9. The third kappa shape index (κ3) is 5.36. The molecule has 158 valence electrons. The molecular formula is C22H26ClN5OS. The van der Waals surface area contributed by atoms with Crippen LogP contribution in [0, 0.1) is 6.92 Å². The highest BCUT2D eigenvalue weighted by atomic mass is 35.5. The number of thioether (sulfide) groups is 1. The zero-order valence-electron chi connectivity index (χ0n) is 17.5. The molecule has 1 heterocycles. The molecule has 1 aromatic heterocycles. The number of para-hydroxylation sites is 1. The van der Waals surface area contributed by atoms with Crippen LogP contribution in [0.3, 0.4) is 0 Å². The number of aromatic nitrogens is 2. The smallest absolute Gasteiger partial charge is 0.229 e. The van der Waals surface area contributed by atoms with Crippen LogP contribution in [0.4, 0.5) is 23.1 Å². The number of nitrogens with one attached hydrogen (secondary N) is 2. The Kier molecular flexibility index (Phi) is 7.42. The van der Waals surface area contributed by atoms with Gasteiger partial charge in [-0.1, -0.05) is 37.6 Å². The van der Waals surface area contributed by atoms with Crippen LogP contribution in [0.1, 0.15) is 25.0 Å². The molecule has 0 fully saturated rings. The molecule has 0 aliphatic rings. The van der Waals surface area contributed by atoms with E-state index in [1.807, 2.05) is 37.3 Å². The molecule has 3 aromatic rings. The molecule has 2 aromatic carbocycles. The van der Waals surface area contributed by atoms with E-state index in [-0.39, 0.29) is 0 Å². The number of nitrogens with zero attached hydrogens (tertiary/aromatic N) is 2. The Labute approximate surface area is 186 Å². The fourth-order valence-corrected chi connectivity index (χ4v) is 3.96. The van der Waals surface area contributed by atoms with Gasteiger partial charge < -0.3 is 21.1 Å². The summed E-state index contributed by atoms with van der Waals surface area (Å²) >= 11 is 8.15. The Morgan fingerprint density at radius 1 is 1.17 bits per heavy atom. The van der Waals surface area contributed by atoms with E-state index in [4.69, 9.17) is 22.1 Å². The highest BCUT2D eigenvalue weighted by Gasteiger charge is 2.13. The van der Waals surface area contributed by atoms with E-state index in [1.54, 1.807) is 25.1 Å². The molecule has 0 aliphatic heterocycles. The second-order valence-corrected chi connectivity index (χ2v) is 9.01. The summed E-state index contributed by atoms with van der Waals surface area (Å²) in [7, 11) is 1.62. The zero-order chi connectivity index (χ0) is 21.7. The van der Waals surface area contributed by atoms with Crippen LogP contribution in [0.25, 0.3) is 0 Å². The number of nitrogens with two attached hydrogens (primary N) is 1. The molecule has 0 unspecified atom stereocenters. The summed E-state index contributed by atoms with van der Waals surface area (Å²) < 4.78 is 5.50. The summed E-state index contributed by atoms with van der Waals surface area (Å²) in [4.78, 5) is 10.0. The number of benzene rings is 2. The summed E-state index contributed by atoms with van der Waals surface area (Å²) in [6.07, 6.45) is 1.57. The highest BCUT2D eigenvalue weighted by Crippen LogP contribution is 2.34. The second-order valence-electron chi connectivity index (χ2n) is 6.99. The van der Waals surface area contributed by atoms with Gasteiger partial charge in [0, 0.05) is 16.7 Å². The van der Waals surface area contributed by atoms with Gasteiger partial charge in [-0.15, -0.1) is 11.8 Å². The molecule has 0 amide bonds. The molecule has 6 nitrogen and oxygen atoms in total. The van der Waals surface area contributed by atoms with Gasteiger partial charge in [-0.2, -0.15) is 4.98 Å². The molecule has 0 saturated carbocycles. The maximum absolute atomic E-state index is 6.37. The Bertz CT molecular complexity index is 1030. The van der Waals surface area contributed by atoms with Crippen molar-refractivity contribution in [3.8, 4) is 5.75 Å². The van der Waals surface area contributed by atoms with Crippen LogP contribution in [-0.2, 0) is 6.54 Å². The minimum atomic E-state index is 0.411. The van der Waals surface area contributed by atoms with E-state index >= 15 is 0 Å². The van der Waals surface area contributed by atoms with Crippen LogP contribution in [-0.4, -0.2) is 22.3 Å². The number of hydrogen-bond donors (Lipinski definition) is 3. The predicted octanol–water partition coefficient (Wildman–Crippen LogP) is 5.89. The molecule has 0 radical (unpaired) electrons. The molecule has 0 bridgehead atoms. The average molecular weight is 444 g/mol. The van der Waals surface area contributed by atoms with Crippen molar-refractivity contribution in [1.82, 2.24) is 9.97 Å². The molecule has 0 spiro atoms. The Morgan fingerprint density at radius 3 is 2.63 bits per heavy atom. The van der Waals surface area contributed by atoms with Crippen LogP contribution < -0.4 is 21.1 Å². The Hall–Kier alpha value is -2.48. The molecule has 0 atom stereocenters. The van der Waals surface area contributed by atoms with Crippen LogP contribution in [0.5, 0.6) is 5.75 Å². The number of anilines is 4. The first-order valence-electron chi connectivity index (χ1n) is 9.61. The van der Waals surface area contributed by atoms with Crippen molar-refractivity contribution in [3.05, 3.63) is 58.7 Å². The molecular weight excluding hydrogens is 418 g/mol. The monoisotopic (exact) mass is 443 g/mol. The zero-order valence-corrected chi connectivity index (χ0v) is 19.1. The van der Waals surface area contributed by atoms with Gasteiger partial charge in [0.15, 0.2) is 5.82 Å². The summed E-state index contributed by atoms with van der Waals surface area (Å²) in [5, 5.41) is 7.46. The lowest BCUT2D eigenvalue weighted by molar-refractivity contribution is 0.416. The largest absolute Gasteiger partial charge is 0.495 e. The lowest BCUT2D eigenvalue weighted by Crippen LogP contribution is -2.05. The predicted molar refractivity (Wildman–Crippen MR) is 127 cm³/mol. The van der Waals surface area contributed by atoms with Crippen molar-refractivity contribution in [2.24, 2.45) is 5.73 Å². The average Bonchev–Trinajstić information content (AvgIpc) is 2.72. The van der Waals surface area contributed by atoms with Crippen molar-refractivity contribution in [2.75, 3.05) is 17.7 Å². The van der Waals surface area contributed by atoms with Gasteiger partial charge in [0.05, 0.1) is 24.7 Å². The lowest BCUT2D eigenvalue weighted by atomic mass is 10.1. The number of aryl methyl sites for hydroxylation is 1. The molecule has 0 saturated heterocycles. The van der Waals surface area contributed by atoms with Gasteiger partial charge in [-0.25, -0.2) is 4.98 Å². The maximum Gasteiger partial charge on any atom is 0.229 e. The van der Waals surface area contributed by atoms with E-state index in [9.17, 15) is 0 Å². The number of ether oxygens (including phenoxy) is 1. The van der Waals surface area contributed by atoms with E-state index < -0.39 is 0 Å². The third-order valence-corrected chi connectivity index (χ3v) is 5.73. The van der Waals surface area contributed by atoms with Crippen LogP contribution in [0.2, 0.25) is 5.02 Å². The SMILES string of the molecule is COc1cc(CN)c(C)cc1Nc1ncc(Cl)c(Nc2ccccc2SC(C)C)n1. The van der Waals surface area contributed by atoms with Gasteiger partial charge in [0.1, 0.15) is 10.8 Å². The van der Waals surface area contributed by atoms with E-state index in [2.05, 4.69) is 40.5 Å². The number of halogens is 1. The highest BCUT2D eigenvalue weighted by molar-refractivity contribution is 8.00. The van der Waals surface area contributed by atoms with Crippen molar-refractivity contribution in [2.45, 2.75) is 37.5 Å². The van der Waals surface area contributed by atoms with Crippen molar-refractivity contribution >= 4 is 46.5 Å². The van der Waals surface area contributed by atoms with Crippen molar-refractivity contribution in [3.63, 3.8) is 0 Å². The van der Waals surface area contributed by atoms with E-state index in [1.165, 1.54) is 0 Å². The minimum Gasteiger partial charge on any atom is -0.495 e. The van der Waals surface area contributed by atoms with E-state index in [0.717, 1.165) is 27.4 Å². The molecule has 0 aliphatic carbocycles. The summed E-state index contributed by atoms with van der Waals surface area (Å²) in [5.41, 5.74) is 9.60. The molecule has 8 heteroatoms. The summed E-state index contributed by atoms with van der Waals surface area (Å²) in [5.74, 6) is 1.61. The number of methoxy groups -OCH3 is 1. The normalized spacial score (nSPS) is 10.9. The van der Waals surface area contributed by atoms with E-state index in [0.29, 0.717) is 34.3 Å². The quantitative estimate of drug-likeness (QED) is 0.374. The van der Waals surface area contributed by atoms with Gasteiger partial charge in [0.2, 0.25) is 5.95 Å². The maximum atomic E-state index is 6.37. The topological polar surface area (TPSA) is 85.1 Å². The Morgan fingerprint density at radius 2 is 1.93 bits per heavy atom. The summed E-state index contributed by atoms with van der Waals surface area (Å²) in [6, 6.07) is 12.0. The number of rotatable bonds is 8. The lowest BCUT2D eigenvalue weighted by Gasteiger charge is -2.16. The second kappa shape index (κ2) is 10.0. The molecule has 4 N–H and O–H groups in total. The standard InChI is InChI=1S/C22H26ClN5OS/c1-13(2)30-20-8-6-5-7-17(20)26-21-16(23)12-25-22(28-21)27-18-9-14(3)15(11-24)10-19(18)29-4/h5-10,12-13H,11,24H2,1-4H3,(H2,25,26,27,28). The van der Waals surface area contributed by atoms with Gasteiger partial charge in [0.25, 0.3) is 0 Å². The first-order chi connectivity index (χ1) is 14.4. The molecule has 3 rings (SSSR count). The van der Waals surface area contributed by atoms with Gasteiger partial charge in [-0.05, 0) is 42.3 Å².